The van der Waals surface area contributed by atoms with E-state index in [1.165, 1.54) is 25.7 Å². The van der Waals surface area contributed by atoms with Crippen LogP contribution in [0.3, 0.4) is 0 Å². The number of nitrogens with one attached hydrogen (secondary N) is 1. The van der Waals surface area contributed by atoms with Crippen molar-refractivity contribution >= 4 is 36.5 Å². The summed E-state index contributed by atoms with van der Waals surface area (Å²) in [7, 11) is 0. The lowest BCUT2D eigenvalue weighted by Gasteiger charge is -2.23. The fourth-order valence-electron chi connectivity index (χ4n) is 4.60. The van der Waals surface area contributed by atoms with E-state index in [0.717, 1.165) is 75.3 Å². The SMILES string of the molecule is Cl.Cl.O=C(c1ccc(N2CCCCCC2)nc1)N1CC[C@@H]2CNC[C@@H]2CC1. The van der Waals surface area contributed by atoms with E-state index in [9.17, 15) is 4.79 Å². The molecule has 3 aliphatic rings. The molecule has 27 heavy (non-hydrogen) atoms. The maximum atomic E-state index is 12.9. The second-order valence-corrected chi connectivity index (χ2v) is 7.85. The predicted molar refractivity (Wildman–Crippen MR) is 114 cm³/mol. The summed E-state index contributed by atoms with van der Waals surface area (Å²) in [5.74, 6) is 2.68. The molecule has 0 spiro atoms. The van der Waals surface area contributed by atoms with E-state index in [2.05, 4.69) is 15.2 Å². The molecule has 1 aromatic rings. The number of fused-ring (bicyclic) bond motifs is 1. The maximum Gasteiger partial charge on any atom is 0.255 e. The van der Waals surface area contributed by atoms with Crippen molar-refractivity contribution in [3.8, 4) is 0 Å². The highest BCUT2D eigenvalue weighted by molar-refractivity contribution is 5.94. The van der Waals surface area contributed by atoms with Crippen molar-refractivity contribution in [1.29, 1.82) is 0 Å². The molecule has 1 N–H and O–H groups in total. The molecule has 152 valence electrons. The second kappa shape index (κ2) is 10.5. The van der Waals surface area contributed by atoms with Crippen LogP contribution in [-0.2, 0) is 0 Å². The van der Waals surface area contributed by atoms with E-state index >= 15 is 0 Å². The van der Waals surface area contributed by atoms with Crippen LogP contribution in [0.25, 0.3) is 0 Å². The van der Waals surface area contributed by atoms with Crippen LogP contribution in [0.15, 0.2) is 18.3 Å². The standard InChI is InChI=1S/C20H30N4O.2ClH/c25-20(24-11-7-16-13-21-14-17(16)8-12-24)18-5-6-19(22-15-18)23-9-3-1-2-4-10-23;;/h5-6,15-17,21H,1-4,7-14H2;2*1H/t16-,17+;;. The van der Waals surface area contributed by atoms with Gasteiger partial charge < -0.3 is 15.1 Å². The van der Waals surface area contributed by atoms with Gasteiger partial charge in [-0.25, -0.2) is 4.98 Å². The Bertz CT molecular complexity index is 576. The van der Waals surface area contributed by atoms with Gasteiger partial charge in [0, 0.05) is 32.4 Å². The van der Waals surface area contributed by atoms with Gasteiger partial charge in [-0.15, -0.1) is 24.8 Å². The van der Waals surface area contributed by atoms with E-state index < -0.39 is 0 Å². The Morgan fingerprint density at radius 3 is 2.11 bits per heavy atom. The van der Waals surface area contributed by atoms with Gasteiger partial charge in [0.2, 0.25) is 0 Å². The Kier molecular flexibility index (Phi) is 8.64. The molecule has 4 rings (SSSR count). The first-order valence-electron chi connectivity index (χ1n) is 10.0. The van der Waals surface area contributed by atoms with Crippen molar-refractivity contribution in [2.75, 3.05) is 44.2 Å². The van der Waals surface area contributed by atoms with Crippen molar-refractivity contribution in [2.24, 2.45) is 11.8 Å². The first-order valence-corrected chi connectivity index (χ1v) is 10.0. The monoisotopic (exact) mass is 414 g/mol. The molecule has 1 amide bonds. The van der Waals surface area contributed by atoms with Crippen LogP contribution in [-0.4, -0.2) is 55.1 Å². The molecule has 3 saturated heterocycles. The van der Waals surface area contributed by atoms with Crippen molar-refractivity contribution < 1.29 is 4.79 Å². The van der Waals surface area contributed by atoms with Crippen LogP contribution < -0.4 is 10.2 Å². The smallest absolute Gasteiger partial charge is 0.255 e. The fourth-order valence-corrected chi connectivity index (χ4v) is 4.60. The lowest BCUT2D eigenvalue weighted by molar-refractivity contribution is 0.0758. The number of hydrogen-bond donors (Lipinski definition) is 1. The molecule has 0 radical (unpaired) electrons. The summed E-state index contributed by atoms with van der Waals surface area (Å²) >= 11 is 0. The fraction of sp³-hybridized carbons (Fsp3) is 0.700. The molecule has 1 aromatic heterocycles. The third-order valence-electron chi connectivity index (χ3n) is 6.23. The Morgan fingerprint density at radius 2 is 1.56 bits per heavy atom. The minimum atomic E-state index is 0. The van der Waals surface area contributed by atoms with Gasteiger partial charge in [-0.1, -0.05) is 12.8 Å². The zero-order valence-corrected chi connectivity index (χ0v) is 17.6. The van der Waals surface area contributed by atoms with Gasteiger partial charge in [0.05, 0.1) is 5.56 Å². The highest BCUT2D eigenvalue weighted by Gasteiger charge is 2.31. The molecule has 0 unspecified atom stereocenters. The summed E-state index contributed by atoms with van der Waals surface area (Å²) in [6.45, 7) is 6.19. The second-order valence-electron chi connectivity index (χ2n) is 7.85. The normalized spacial score (nSPS) is 25.5. The summed E-state index contributed by atoms with van der Waals surface area (Å²) in [5.41, 5.74) is 0.740. The third kappa shape index (κ3) is 5.27. The molecule has 3 fully saturated rings. The number of rotatable bonds is 2. The van der Waals surface area contributed by atoms with Crippen LogP contribution >= 0.6 is 24.8 Å². The quantitative estimate of drug-likeness (QED) is 0.805. The Morgan fingerprint density at radius 1 is 0.926 bits per heavy atom. The average molecular weight is 415 g/mol. The number of aromatic nitrogens is 1. The Labute approximate surface area is 175 Å². The number of likely N-dealkylation sites (tertiary alicyclic amines) is 1. The predicted octanol–water partition coefficient (Wildman–Crippen LogP) is 3.38. The first kappa shape index (κ1) is 22.3. The molecule has 4 heterocycles. The topological polar surface area (TPSA) is 48.5 Å². The van der Waals surface area contributed by atoms with Crippen LogP contribution in [0.1, 0.15) is 48.9 Å². The van der Waals surface area contributed by atoms with Crippen molar-refractivity contribution in [2.45, 2.75) is 38.5 Å². The number of carbonyl (C=O) groups excluding carboxylic acids is 1. The van der Waals surface area contributed by atoms with E-state index in [0.29, 0.717) is 0 Å². The van der Waals surface area contributed by atoms with E-state index in [-0.39, 0.29) is 30.7 Å². The van der Waals surface area contributed by atoms with E-state index in [4.69, 9.17) is 0 Å². The van der Waals surface area contributed by atoms with Crippen molar-refractivity contribution in [1.82, 2.24) is 15.2 Å². The van der Waals surface area contributed by atoms with Gasteiger partial charge in [-0.05, 0) is 62.7 Å². The Hall–Kier alpha value is -1.04. The van der Waals surface area contributed by atoms with Crippen LogP contribution in [0.4, 0.5) is 5.82 Å². The molecule has 0 saturated carbocycles. The van der Waals surface area contributed by atoms with Gasteiger partial charge in [0.1, 0.15) is 5.82 Å². The zero-order chi connectivity index (χ0) is 17.1. The molecule has 5 nitrogen and oxygen atoms in total. The highest BCUT2D eigenvalue weighted by atomic mass is 35.5. The van der Waals surface area contributed by atoms with Crippen LogP contribution in [0.2, 0.25) is 0 Å². The van der Waals surface area contributed by atoms with E-state index in [1.54, 1.807) is 6.20 Å². The molecule has 7 heteroatoms. The lowest BCUT2D eigenvalue weighted by Crippen LogP contribution is -2.33. The molecule has 0 bridgehead atoms. The number of anilines is 1. The van der Waals surface area contributed by atoms with Gasteiger partial charge >= 0.3 is 0 Å². The Balaban J connectivity index is 0.00000131. The number of hydrogen-bond acceptors (Lipinski definition) is 4. The molecule has 0 aliphatic carbocycles. The van der Waals surface area contributed by atoms with Crippen LogP contribution in [0, 0.1) is 11.8 Å². The van der Waals surface area contributed by atoms with Crippen LogP contribution in [0.5, 0.6) is 0 Å². The summed E-state index contributed by atoms with van der Waals surface area (Å²) in [6.07, 6.45) is 9.17. The molecule has 0 aromatic carbocycles. The minimum Gasteiger partial charge on any atom is -0.357 e. The number of halogens is 2. The van der Waals surface area contributed by atoms with Gasteiger partial charge in [-0.3, -0.25) is 4.79 Å². The van der Waals surface area contributed by atoms with E-state index in [1.807, 2.05) is 17.0 Å². The zero-order valence-electron chi connectivity index (χ0n) is 15.9. The molecule has 2 atom stereocenters. The number of pyridine rings is 1. The van der Waals surface area contributed by atoms with Gasteiger partial charge in [0.15, 0.2) is 0 Å². The number of carbonyl (C=O) groups is 1. The molecular weight excluding hydrogens is 383 g/mol. The maximum absolute atomic E-state index is 12.9. The first-order chi connectivity index (χ1) is 12.3. The molecule has 3 aliphatic heterocycles. The van der Waals surface area contributed by atoms with Gasteiger partial charge in [0.25, 0.3) is 5.91 Å². The summed E-state index contributed by atoms with van der Waals surface area (Å²) < 4.78 is 0. The summed E-state index contributed by atoms with van der Waals surface area (Å²) in [6, 6.07) is 4.01. The third-order valence-corrected chi connectivity index (χ3v) is 6.23. The largest absolute Gasteiger partial charge is 0.357 e. The summed E-state index contributed by atoms with van der Waals surface area (Å²) in [4.78, 5) is 21.9. The highest BCUT2D eigenvalue weighted by Crippen LogP contribution is 2.27. The summed E-state index contributed by atoms with van der Waals surface area (Å²) in [5, 5.41) is 3.49. The minimum absolute atomic E-state index is 0. The number of nitrogens with zero attached hydrogens (tertiary/aromatic N) is 3. The number of amides is 1. The molecular formula is C20H32Cl2N4O. The van der Waals surface area contributed by atoms with Gasteiger partial charge in [-0.2, -0.15) is 0 Å². The van der Waals surface area contributed by atoms with Crippen molar-refractivity contribution in [3.63, 3.8) is 0 Å². The van der Waals surface area contributed by atoms with Crippen molar-refractivity contribution in [3.05, 3.63) is 23.9 Å². The lowest BCUT2D eigenvalue weighted by atomic mass is 9.92. The average Bonchev–Trinajstić information content (AvgIpc) is 2.85.